The van der Waals surface area contributed by atoms with Crippen LogP contribution in [0.1, 0.15) is 30.6 Å². The highest BCUT2D eigenvalue weighted by molar-refractivity contribution is 8.07. The summed E-state index contributed by atoms with van der Waals surface area (Å²) in [4.78, 5) is 8.84. The first kappa shape index (κ1) is 12.0. The molecule has 1 aliphatic rings. The summed E-state index contributed by atoms with van der Waals surface area (Å²) in [5.41, 5.74) is 6.72. The minimum absolute atomic E-state index is 0.387. The zero-order valence-corrected chi connectivity index (χ0v) is 11.4. The molecule has 1 fully saturated rings. The molecule has 1 aromatic heterocycles. The van der Waals surface area contributed by atoms with Crippen LogP contribution in [0.4, 0.5) is 5.82 Å². The van der Waals surface area contributed by atoms with Crippen LogP contribution in [0.2, 0.25) is 0 Å². The first-order valence-electron chi connectivity index (χ1n) is 5.44. The molecule has 0 saturated carbocycles. The Labute approximate surface area is 105 Å². The second-order valence-electron chi connectivity index (χ2n) is 4.16. The van der Waals surface area contributed by atoms with Gasteiger partial charge in [0.1, 0.15) is 11.6 Å². The Morgan fingerprint density at radius 3 is 2.69 bits per heavy atom. The van der Waals surface area contributed by atoms with E-state index in [9.17, 15) is 0 Å². The molecule has 0 aromatic carbocycles. The Morgan fingerprint density at radius 1 is 1.31 bits per heavy atom. The zero-order chi connectivity index (χ0) is 11.7. The van der Waals surface area contributed by atoms with E-state index >= 15 is 0 Å². The lowest BCUT2D eigenvalue weighted by molar-refractivity contribution is 0.854. The fraction of sp³-hybridized carbons (Fsp3) is 0.636. The average molecular weight is 255 g/mol. The molecule has 1 aromatic rings. The SMILES string of the molecule is Cc1cc(N)nc(C2CSC(C)C(C)S2)n1. The number of hydrogen-bond acceptors (Lipinski definition) is 5. The molecular formula is C11H17N3S2. The molecule has 2 rings (SSSR count). The molecular weight excluding hydrogens is 238 g/mol. The van der Waals surface area contributed by atoms with Gasteiger partial charge in [-0.3, -0.25) is 0 Å². The van der Waals surface area contributed by atoms with Crippen molar-refractivity contribution in [3.8, 4) is 0 Å². The molecule has 0 aliphatic carbocycles. The van der Waals surface area contributed by atoms with Gasteiger partial charge in [0.25, 0.3) is 0 Å². The van der Waals surface area contributed by atoms with Crippen LogP contribution in [-0.2, 0) is 0 Å². The van der Waals surface area contributed by atoms with Crippen molar-refractivity contribution in [3.63, 3.8) is 0 Å². The minimum Gasteiger partial charge on any atom is -0.384 e. The summed E-state index contributed by atoms with van der Waals surface area (Å²) in [6, 6.07) is 1.82. The Kier molecular flexibility index (Phi) is 3.64. The van der Waals surface area contributed by atoms with Crippen molar-refractivity contribution >= 4 is 29.3 Å². The molecule has 1 saturated heterocycles. The zero-order valence-electron chi connectivity index (χ0n) is 9.80. The number of nitrogens with two attached hydrogens (primary N) is 1. The summed E-state index contributed by atoms with van der Waals surface area (Å²) in [7, 11) is 0. The molecule has 0 spiro atoms. The van der Waals surface area contributed by atoms with Gasteiger partial charge in [-0.1, -0.05) is 13.8 Å². The first-order valence-corrected chi connectivity index (χ1v) is 7.43. The lowest BCUT2D eigenvalue weighted by Crippen LogP contribution is -2.23. The maximum atomic E-state index is 5.76. The van der Waals surface area contributed by atoms with E-state index in [1.54, 1.807) is 0 Å². The van der Waals surface area contributed by atoms with E-state index in [-0.39, 0.29) is 0 Å². The van der Waals surface area contributed by atoms with Crippen LogP contribution < -0.4 is 5.73 Å². The average Bonchev–Trinajstić information content (AvgIpc) is 2.20. The lowest BCUT2D eigenvalue weighted by atomic mass is 10.3. The number of hydrogen-bond donors (Lipinski definition) is 1. The van der Waals surface area contributed by atoms with E-state index in [1.807, 2.05) is 36.5 Å². The van der Waals surface area contributed by atoms with E-state index in [0.717, 1.165) is 17.3 Å². The fourth-order valence-electron chi connectivity index (χ4n) is 1.68. The van der Waals surface area contributed by atoms with Crippen molar-refractivity contribution in [2.45, 2.75) is 36.5 Å². The summed E-state index contributed by atoms with van der Waals surface area (Å²) >= 11 is 3.96. The molecule has 3 nitrogen and oxygen atoms in total. The summed E-state index contributed by atoms with van der Waals surface area (Å²) in [5, 5.41) is 1.75. The first-order chi connectivity index (χ1) is 7.56. The van der Waals surface area contributed by atoms with Gasteiger partial charge in [0.15, 0.2) is 0 Å². The van der Waals surface area contributed by atoms with Crippen molar-refractivity contribution in [2.24, 2.45) is 0 Å². The van der Waals surface area contributed by atoms with E-state index < -0.39 is 0 Å². The van der Waals surface area contributed by atoms with Crippen LogP contribution in [0.25, 0.3) is 0 Å². The molecule has 2 N–H and O–H groups in total. The van der Waals surface area contributed by atoms with Crippen molar-refractivity contribution in [2.75, 3.05) is 11.5 Å². The number of thioether (sulfide) groups is 2. The number of aryl methyl sites for hydroxylation is 1. The highest BCUT2D eigenvalue weighted by atomic mass is 32.2. The molecule has 3 unspecified atom stereocenters. The summed E-state index contributed by atoms with van der Waals surface area (Å²) in [6.07, 6.45) is 0. The third-order valence-electron chi connectivity index (χ3n) is 2.73. The van der Waals surface area contributed by atoms with Gasteiger partial charge in [-0.15, -0.1) is 11.8 Å². The van der Waals surface area contributed by atoms with Gasteiger partial charge in [-0.2, -0.15) is 11.8 Å². The van der Waals surface area contributed by atoms with Crippen LogP contribution in [0, 0.1) is 6.92 Å². The molecule has 2 heterocycles. The third-order valence-corrected chi connectivity index (χ3v) is 6.12. The quantitative estimate of drug-likeness (QED) is 0.836. The number of nitrogen functional groups attached to an aromatic ring is 1. The van der Waals surface area contributed by atoms with Crippen LogP contribution in [0.15, 0.2) is 6.07 Å². The topological polar surface area (TPSA) is 51.8 Å². The summed E-state index contributed by atoms with van der Waals surface area (Å²) in [6.45, 7) is 6.52. The Morgan fingerprint density at radius 2 is 2.06 bits per heavy atom. The van der Waals surface area contributed by atoms with Crippen LogP contribution in [0.5, 0.6) is 0 Å². The molecule has 0 amide bonds. The maximum Gasteiger partial charge on any atom is 0.144 e. The van der Waals surface area contributed by atoms with Gasteiger partial charge in [0.2, 0.25) is 0 Å². The van der Waals surface area contributed by atoms with Gasteiger partial charge < -0.3 is 5.73 Å². The van der Waals surface area contributed by atoms with Gasteiger partial charge in [0, 0.05) is 28.0 Å². The summed E-state index contributed by atoms with van der Waals surface area (Å²) in [5.74, 6) is 2.56. The van der Waals surface area contributed by atoms with Gasteiger partial charge in [-0.05, 0) is 6.92 Å². The standard InChI is InChI=1S/C11H17N3S2/c1-6-4-10(12)14-11(13-6)9-5-15-7(2)8(3)16-9/h4,7-9H,5H2,1-3H3,(H2,12,13,14). The van der Waals surface area contributed by atoms with Crippen molar-refractivity contribution in [1.82, 2.24) is 9.97 Å². The maximum absolute atomic E-state index is 5.76. The van der Waals surface area contributed by atoms with E-state index in [1.165, 1.54) is 0 Å². The van der Waals surface area contributed by atoms with Crippen molar-refractivity contribution in [1.29, 1.82) is 0 Å². The third kappa shape index (κ3) is 2.63. The summed E-state index contributed by atoms with van der Waals surface area (Å²) < 4.78 is 0. The molecule has 0 radical (unpaired) electrons. The molecule has 88 valence electrons. The lowest BCUT2D eigenvalue weighted by Gasteiger charge is -2.30. The molecule has 1 aliphatic heterocycles. The smallest absolute Gasteiger partial charge is 0.144 e. The van der Waals surface area contributed by atoms with Crippen molar-refractivity contribution < 1.29 is 0 Å². The molecule has 3 atom stereocenters. The normalized spacial score (nSPS) is 30.3. The van der Waals surface area contributed by atoms with E-state index in [0.29, 0.717) is 21.6 Å². The van der Waals surface area contributed by atoms with E-state index in [4.69, 9.17) is 5.73 Å². The van der Waals surface area contributed by atoms with Crippen LogP contribution in [0.3, 0.4) is 0 Å². The van der Waals surface area contributed by atoms with Gasteiger partial charge in [0.05, 0.1) is 5.25 Å². The van der Waals surface area contributed by atoms with Gasteiger partial charge >= 0.3 is 0 Å². The van der Waals surface area contributed by atoms with Gasteiger partial charge in [-0.25, -0.2) is 9.97 Å². The van der Waals surface area contributed by atoms with Crippen LogP contribution in [-0.4, -0.2) is 26.2 Å². The van der Waals surface area contributed by atoms with E-state index in [2.05, 4.69) is 23.8 Å². The second-order valence-corrected chi connectivity index (χ2v) is 7.16. The fourth-order valence-corrected chi connectivity index (χ4v) is 4.52. The predicted molar refractivity (Wildman–Crippen MR) is 72.9 cm³/mol. The molecule has 0 bridgehead atoms. The van der Waals surface area contributed by atoms with Crippen LogP contribution >= 0.6 is 23.5 Å². The molecule has 5 heteroatoms. The Hall–Kier alpha value is -0.420. The number of aromatic nitrogens is 2. The number of rotatable bonds is 1. The minimum atomic E-state index is 0.387. The number of anilines is 1. The Balaban J connectivity index is 2.18. The second kappa shape index (κ2) is 4.84. The largest absolute Gasteiger partial charge is 0.384 e. The Bertz CT molecular complexity index is 363. The predicted octanol–water partition coefficient (Wildman–Crippen LogP) is 2.67. The molecule has 16 heavy (non-hydrogen) atoms. The highest BCUT2D eigenvalue weighted by Crippen LogP contribution is 2.43. The monoisotopic (exact) mass is 255 g/mol. The van der Waals surface area contributed by atoms with Crippen molar-refractivity contribution in [3.05, 3.63) is 17.6 Å². The highest BCUT2D eigenvalue weighted by Gasteiger charge is 2.28. The number of nitrogens with zero attached hydrogens (tertiary/aromatic N) is 2.